The highest BCUT2D eigenvalue weighted by molar-refractivity contribution is 6.46. The van der Waals surface area contributed by atoms with Crippen LogP contribution in [0, 0.1) is 0 Å². The van der Waals surface area contributed by atoms with Gasteiger partial charge in [0.1, 0.15) is 19.0 Å². The molecule has 4 heterocycles. The molecule has 1 aromatic carbocycles. The monoisotopic (exact) mass is 429 g/mol. The van der Waals surface area contributed by atoms with Gasteiger partial charge in [0.2, 0.25) is 0 Å². The van der Waals surface area contributed by atoms with E-state index >= 15 is 0 Å². The van der Waals surface area contributed by atoms with Gasteiger partial charge in [-0.2, -0.15) is 0 Å². The number of likely N-dealkylation sites (tertiary alicyclic amines) is 1. The standard InChI is InChI=1S/C24H19N3O5/c28-22(17-1-2-18-19(13-17)32-12-11-31-18)20-21(16-5-9-26-10-6-16)27(24(30)23(20)29)14-15-3-7-25-8-4-15/h1-10,13,21,28H,11-12,14H2. The number of hydrogen-bond donors (Lipinski definition) is 1. The molecule has 2 aliphatic heterocycles. The predicted octanol–water partition coefficient (Wildman–Crippen LogP) is 2.87. The summed E-state index contributed by atoms with van der Waals surface area (Å²) < 4.78 is 11.1. The van der Waals surface area contributed by atoms with Crippen LogP contribution in [0.5, 0.6) is 11.5 Å². The van der Waals surface area contributed by atoms with Crippen LogP contribution < -0.4 is 9.47 Å². The van der Waals surface area contributed by atoms with Gasteiger partial charge in [-0.25, -0.2) is 0 Å². The predicted molar refractivity (Wildman–Crippen MR) is 114 cm³/mol. The van der Waals surface area contributed by atoms with E-state index in [1.807, 2.05) is 0 Å². The van der Waals surface area contributed by atoms with Crippen molar-refractivity contribution in [2.24, 2.45) is 0 Å². The lowest BCUT2D eigenvalue weighted by molar-refractivity contribution is -0.140. The lowest BCUT2D eigenvalue weighted by Gasteiger charge is -2.25. The Kier molecular flexibility index (Phi) is 5.03. The van der Waals surface area contributed by atoms with Gasteiger partial charge in [0.05, 0.1) is 11.6 Å². The number of fused-ring (bicyclic) bond motifs is 1. The van der Waals surface area contributed by atoms with Crippen molar-refractivity contribution in [2.45, 2.75) is 12.6 Å². The maximum Gasteiger partial charge on any atom is 0.295 e. The van der Waals surface area contributed by atoms with E-state index in [0.29, 0.717) is 35.8 Å². The Hall–Kier alpha value is -4.20. The summed E-state index contributed by atoms with van der Waals surface area (Å²) in [5, 5.41) is 11.2. The number of pyridine rings is 2. The van der Waals surface area contributed by atoms with Gasteiger partial charge in [-0.1, -0.05) is 0 Å². The van der Waals surface area contributed by atoms with Crippen LogP contribution in [0.25, 0.3) is 5.76 Å². The van der Waals surface area contributed by atoms with Crippen LogP contribution in [0.4, 0.5) is 0 Å². The van der Waals surface area contributed by atoms with Crippen molar-refractivity contribution in [1.29, 1.82) is 0 Å². The van der Waals surface area contributed by atoms with E-state index in [0.717, 1.165) is 5.56 Å². The molecule has 0 bridgehead atoms. The van der Waals surface area contributed by atoms with E-state index in [1.54, 1.807) is 67.3 Å². The number of aromatic nitrogens is 2. The molecule has 3 aromatic rings. The number of ether oxygens (including phenoxy) is 2. The molecule has 2 aromatic heterocycles. The molecule has 1 atom stereocenters. The molecule has 0 radical (unpaired) electrons. The Labute approximate surface area is 183 Å². The summed E-state index contributed by atoms with van der Waals surface area (Å²) in [6.45, 7) is 1.03. The first-order valence-electron chi connectivity index (χ1n) is 10.1. The molecule has 1 fully saturated rings. The number of ketones is 1. The average molecular weight is 429 g/mol. The van der Waals surface area contributed by atoms with E-state index in [4.69, 9.17) is 9.47 Å². The first-order chi connectivity index (χ1) is 15.6. The highest BCUT2D eigenvalue weighted by Crippen LogP contribution is 2.41. The zero-order chi connectivity index (χ0) is 22.1. The minimum atomic E-state index is -0.764. The molecule has 5 rings (SSSR count). The van der Waals surface area contributed by atoms with Gasteiger partial charge in [0, 0.05) is 36.9 Å². The molecule has 0 saturated carbocycles. The molecular weight excluding hydrogens is 410 g/mol. The summed E-state index contributed by atoms with van der Waals surface area (Å²) >= 11 is 0. The minimum Gasteiger partial charge on any atom is -0.507 e. The minimum absolute atomic E-state index is 0.0203. The lowest BCUT2D eigenvalue weighted by Crippen LogP contribution is -2.29. The largest absolute Gasteiger partial charge is 0.507 e. The average Bonchev–Trinajstić information content (AvgIpc) is 3.09. The quantitative estimate of drug-likeness (QED) is 0.387. The third kappa shape index (κ3) is 3.45. The fourth-order valence-electron chi connectivity index (χ4n) is 3.97. The lowest BCUT2D eigenvalue weighted by atomic mass is 9.95. The van der Waals surface area contributed by atoms with Crippen LogP contribution in [0.2, 0.25) is 0 Å². The maximum absolute atomic E-state index is 13.1. The van der Waals surface area contributed by atoms with E-state index < -0.39 is 17.7 Å². The fraction of sp³-hybridized carbons (Fsp3) is 0.167. The second kappa shape index (κ2) is 8.14. The first-order valence-corrected chi connectivity index (χ1v) is 10.1. The topological polar surface area (TPSA) is 102 Å². The summed E-state index contributed by atoms with van der Waals surface area (Å²) in [6, 6.07) is 11.2. The number of Topliss-reactive ketones (excluding diaryl/α,β-unsaturated/α-hetero) is 1. The first kappa shape index (κ1) is 19.7. The molecule has 160 valence electrons. The molecule has 32 heavy (non-hydrogen) atoms. The molecule has 1 saturated heterocycles. The van der Waals surface area contributed by atoms with Crippen LogP contribution in [0.1, 0.15) is 22.7 Å². The smallest absolute Gasteiger partial charge is 0.295 e. The Morgan fingerprint density at radius 2 is 1.59 bits per heavy atom. The normalized spacial score (nSPS) is 19.2. The van der Waals surface area contributed by atoms with Crippen molar-refractivity contribution in [3.05, 3.63) is 89.5 Å². The van der Waals surface area contributed by atoms with Gasteiger partial charge in [0.15, 0.2) is 11.5 Å². The zero-order valence-corrected chi connectivity index (χ0v) is 17.0. The van der Waals surface area contributed by atoms with Gasteiger partial charge in [0.25, 0.3) is 11.7 Å². The third-order valence-corrected chi connectivity index (χ3v) is 5.48. The summed E-state index contributed by atoms with van der Waals surface area (Å²) in [4.78, 5) is 35.6. The molecule has 2 aliphatic rings. The highest BCUT2D eigenvalue weighted by Gasteiger charge is 2.46. The van der Waals surface area contributed by atoms with Gasteiger partial charge in [-0.3, -0.25) is 19.6 Å². The van der Waals surface area contributed by atoms with Gasteiger partial charge in [-0.05, 0) is 53.6 Å². The number of rotatable bonds is 4. The van der Waals surface area contributed by atoms with Gasteiger partial charge < -0.3 is 19.5 Å². The summed E-state index contributed by atoms with van der Waals surface area (Å²) in [5.41, 5.74) is 1.88. The molecule has 1 unspecified atom stereocenters. The van der Waals surface area contributed by atoms with Crippen molar-refractivity contribution in [3.63, 3.8) is 0 Å². The van der Waals surface area contributed by atoms with Crippen LogP contribution >= 0.6 is 0 Å². The van der Waals surface area contributed by atoms with Crippen LogP contribution in [-0.2, 0) is 16.1 Å². The van der Waals surface area contributed by atoms with Crippen LogP contribution in [-0.4, -0.2) is 44.9 Å². The van der Waals surface area contributed by atoms with Gasteiger partial charge >= 0.3 is 0 Å². The number of nitrogens with zero attached hydrogens (tertiary/aromatic N) is 3. The Balaban J connectivity index is 1.62. The fourth-order valence-corrected chi connectivity index (χ4v) is 3.97. The molecule has 0 spiro atoms. The van der Waals surface area contributed by atoms with Crippen molar-refractivity contribution >= 4 is 17.4 Å². The molecule has 1 amide bonds. The van der Waals surface area contributed by atoms with E-state index in [2.05, 4.69) is 9.97 Å². The summed E-state index contributed by atoms with van der Waals surface area (Å²) in [7, 11) is 0. The second-order valence-corrected chi connectivity index (χ2v) is 7.42. The highest BCUT2D eigenvalue weighted by atomic mass is 16.6. The number of aliphatic hydroxyl groups is 1. The van der Waals surface area contributed by atoms with Crippen molar-refractivity contribution in [1.82, 2.24) is 14.9 Å². The number of carbonyl (C=O) groups is 2. The van der Waals surface area contributed by atoms with Crippen molar-refractivity contribution in [3.8, 4) is 11.5 Å². The van der Waals surface area contributed by atoms with Crippen LogP contribution in [0.3, 0.4) is 0 Å². The van der Waals surface area contributed by atoms with Crippen molar-refractivity contribution < 1.29 is 24.2 Å². The molecule has 8 heteroatoms. The Morgan fingerprint density at radius 3 is 2.31 bits per heavy atom. The molecule has 8 nitrogen and oxygen atoms in total. The van der Waals surface area contributed by atoms with Gasteiger partial charge in [-0.15, -0.1) is 0 Å². The van der Waals surface area contributed by atoms with Crippen LogP contribution in [0.15, 0.2) is 72.8 Å². The van der Waals surface area contributed by atoms with Crippen molar-refractivity contribution in [2.75, 3.05) is 13.2 Å². The Morgan fingerprint density at radius 1 is 0.938 bits per heavy atom. The van der Waals surface area contributed by atoms with E-state index in [-0.39, 0.29) is 17.9 Å². The maximum atomic E-state index is 13.1. The zero-order valence-electron chi connectivity index (χ0n) is 17.0. The summed E-state index contributed by atoms with van der Waals surface area (Å²) in [6.07, 6.45) is 6.43. The molecule has 0 aliphatic carbocycles. The summed E-state index contributed by atoms with van der Waals surface area (Å²) in [5.74, 6) is -0.640. The number of aliphatic hydroxyl groups excluding tert-OH is 1. The number of carbonyl (C=O) groups excluding carboxylic acids is 2. The number of hydrogen-bond acceptors (Lipinski definition) is 7. The van der Waals surface area contributed by atoms with E-state index in [1.165, 1.54) is 4.90 Å². The van der Waals surface area contributed by atoms with E-state index in [9.17, 15) is 14.7 Å². The third-order valence-electron chi connectivity index (χ3n) is 5.48. The number of amides is 1. The Bertz CT molecular complexity index is 1210. The molecule has 1 N–H and O–H groups in total. The molecular formula is C24H19N3O5. The second-order valence-electron chi connectivity index (χ2n) is 7.42. The number of benzene rings is 1. The SMILES string of the molecule is O=C1C(=O)N(Cc2ccncc2)C(c2ccncc2)C1=C(O)c1ccc2c(c1)OCCO2.